The number of fused-ring (bicyclic) bond motifs is 1. The molecule has 3 rings (SSSR count). The summed E-state index contributed by atoms with van der Waals surface area (Å²) in [6.45, 7) is 4.36. The Kier molecular flexibility index (Phi) is 2.72. The molecule has 0 aromatic carbocycles. The highest BCUT2D eigenvalue weighted by Gasteiger charge is 2.21. The zero-order chi connectivity index (χ0) is 11.0. The maximum Gasteiger partial charge on any atom is 0.106 e. The Morgan fingerprint density at radius 1 is 1.31 bits per heavy atom. The Hall–Kier alpha value is -0.830. The van der Waals surface area contributed by atoms with Gasteiger partial charge in [-0.15, -0.1) is 0 Å². The second kappa shape index (κ2) is 4.21. The van der Waals surface area contributed by atoms with Crippen molar-refractivity contribution in [2.45, 2.75) is 58.0 Å². The molecule has 16 heavy (non-hydrogen) atoms. The molecule has 0 amide bonds. The van der Waals surface area contributed by atoms with Gasteiger partial charge in [0.25, 0.3) is 0 Å². The number of nitrogens with zero attached hydrogens (tertiary/aromatic N) is 2. The largest absolute Gasteiger partial charge is 0.331 e. The van der Waals surface area contributed by atoms with Gasteiger partial charge in [0.15, 0.2) is 0 Å². The minimum absolute atomic E-state index is 0.819. The van der Waals surface area contributed by atoms with Crippen LogP contribution < -0.4 is 5.32 Å². The zero-order valence-electron chi connectivity index (χ0n) is 10.1. The first-order valence-electron chi connectivity index (χ1n) is 6.63. The third kappa shape index (κ3) is 2.01. The number of hydrogen-bond acceptors (Lipinski definition) is 2. The van der Waals surface area contributed by atoms with Gasteiger partial charge >= 0.3 is 0 Å². The summed E-state index contributed by atoms with van der Waals surface area (Å²) in [4.78, 5) is 4.70. The molecule has 0 atom stereocenters. The van der Waals surface area contributed by atoms with Gasteiger partial charge in [-0.3, -0.25) is 0 Å². The third-order valence-electron chi connectivity index (χ3n) is 3.77. The molecule has 0 unspecified atom stereocenters. The molecular formula is C13H21N3. The molecule has 3 nitrogen and oxygen atoms in total. The zero-order valence-corrected chi connectivity index (χ0v) is 10.1. The fourth-order valence-corrected chi connectivity index (χ4v) is 2.70. The van der Waals surface area contributed by atoms with E-state index in [0.29, 0.717) is 0 Å². The van der Waals surface area contributed by atoms with Gasteiger partial charge < -0.3 is 9.88 Å². The van der Waals surface area contributed by atoms with Crippen LogP contribution in [0.15, 0.2) is 0 Å². The second-order valence-electron chi connectivity index (χ2n) is 5.14. The smallest absolute Gasteiger partial charge is 0.106 e. The van der Waals surface area contributed by atoms with Crippen LogP contribution in [-0.2, 0) is 19.4 Å². The fraction of sp³-hybridized carbons (Fsp3) is 0.769. The Balaban J connectivity index is 1.69. The van der Waals surface area contributed by atoms with Crippen molar-refractivity contribution in [2.24, 2.45) is 0 Å². The molecule has 1 fully saturated rings. The summed E-state index contributed by atoms with van der Waals surface area (Å²) < 4.78 is 2.43. The highest BCUT2D eigenvalue weighted by Crippen LogP contribution is 2.22. The summed E-state index contributed by atoms with van der Waals surface area (Å²) in [5.74, 6) is 1.21. The molecule has 2 aliphatic rings. The molecule has 0 saturated heterocycles. The maximum atomic E-state index is 4.70. The number of hydrogen-bond donors (Lipinski definition) is 1. The van der Waals surface area contributed by atoms with Crippen molar-refractivity contribution >= 4 is 0 Å². The Labute approximate surface area is 97.3 Å². The average Bonchev–Trinajstić information content (AvgIpc) is 3.04. The topological polar surface area (TPSA) is 29.9 Å². The molecule has 0 bridgehead atoms. The molecule has 1 saturated carbocycles. The Bertz CT molecular complexity index is 377. The standard InChI is InChI=1S/C13H21N3/c1-10-15-12-4-2-3-5-13(12)16(10)9-8-14-11-6-7-11/h11,14H,2-9H2,1H3. The molecule has 1 aromatic heterocycles. The van der Waals surface area contributed by atoms with Crippen molar-refractivity contribution in [3.63, 3.8) is 0 Å². The van der Waals surface area contributed by atoms with E-state index < -0.39 is 0 Å². The Morgan fingerprint density at radius 2 is 2.12 bits per heavy atom. The van der Waals surface area contributed by atoms with Gasteiger partial charge in [0.1, 0.15) is 5.82 Å². The van der Waals surface area contributed by atoms with E-state index in [0.717, 1.165) is 19.1 Å². The van der Waals surface area contributed by atoms with E-state index in [1.165, 1.54) is 55.7 Å². The van der Waals surface area contributed by atoms with Crippen LogP contribution in [0.3, 0.4) is 0 Å². The summed E-state index contributed by atoms with van der Waals surface area (Å²) in [6.07, 6.45) is 7.85. The first-order valence-corrected chi connectivity index (χ1v) is 6.63. The lowest BCUT2D eigenvalue weighted by molar-refractivity contribution is 0.554. The van der Waals surface area contributed by atoms with Gasteiger partial charge in [0, 0.05) is 24.8 Å². The number of aromatic nitrogens is 2. The molecule has 0 radical (unpaired) electrons. The SMILES string of the molecule is Cc1nc2c(n1CCNC1CC1)CCCC2. The molecule has 1 aromatic rings. The van der Waals surface area contributed by atoms with Crippen molar-refractivity contribution in [1.29, 1.82) is 0 Å². The summed E-state index contributed by atoms with van der Waals surface area (Å²) >= 11 is 0. The van der Waals surface area contributed by atoms with Crippen LogP contribution in [0.25, 0.3) is 0 Å². The predicted molar refractivity (Wildman–Crippen MR) is 64.6 cm³/mol. The highest BCUT2D eigenvalue weighted by molar-refractivity contribution is 5.19. The summed E-state index contributed by atoms with van der Waals surface area (Å²) in [6, 6.07) is 0.819. The van der Waals surface area contributed by atoms with Crippen LogP contribution in [0, 0.1) is 6.92 Å². The minimum atomic E-state index is 0.819. The average molecular weight is 219 g/mol. The summed E-state index contributed by atoms with van der Waals surface area (Å²) in [5, 5.41) is 3.58. The lowest BCUT2D eigenvalue weighted by Gasteiger charge is -2.15. The maximum absolute atomic E-state index is 4.70. The van der Waals surface area contributed by atoms with E-state index in [2.05, 4.69) is 16.8 Å². The van der Waals surface area contributed by atoms with Gasteiger partial charge in [0.05, 0.1) is 5.69 Å². The van der Waals surface area contributed by atoms with Crippen LogP contribution in [0.2, 0.25) is 0 Å². The quantitative estimate of drug-likeness (QED) is 0.837. The molecule has 3 heteroatoms. The number of rotatable bonds is 4. The first kappa shape index (κ1) is 10.3. The third-order valence-corrected chi connectivity index (χ3v) is 3.77. The second-order valence-corrected chi connectivity index (χ2v) is 5.14. The van der Waals surface area contributed by atoms with Crippen molar-refractivity contribution in [3.8, 4) is 0 Å². The van der Waals surface area contributed by atoms with Crippen molar-refractivity contribution < 1.29 is 0 Å². The molecule has 1 N–H and O–H groups in total. The van der Waals surface area contributed by atoms with E-state index in [-0.39, 0.29) is 0 Å². The lowest BCUT2D eigenvalue weighted by atomic mass is 10.0. The van der Waals surface area contributed by atoms with Gasteiger partial charge in [-0.25, -0.2) is 4.98 Å². The van der Waals surface area contributed by atoms with Gasteiger partial charge in [0.2, 0.25) is 0 Å². The van der Waals surface area contributed by atoms with Crippen LogP contribution in [0.4, 0.5) is 0 Å². The van der Waals surface area contributed by atoms with Gasteiger partial charge in [-0.05, 0) is 45.4 Å². The van der Waals surface area contributed by atoms with E-state index in [1.54, 1.807) is 0 Å². The number of imidazole rings is 1. The van der Waals surface area contributed by atoms with Crippen molar-refractivity contribution in [1.82, 2.24) is 14.9 Å². The number of aryl methyl sites for hydroxylation is 2. The van der Waals surface area contributed by atoms with Crippen LogP contribution in [-0.4, -0.2) is 22.1 Å². The monoisotopic (exact) mass is 219 g/mol. The van der Waals surface area contributed by atoms with Crippen LogP contribution in [0.5, 0.6) is 0 Å². The Morgan fingerprint density at radius 3 is 2.94 bits per heavy atom. The van der Waals surface area contributed by atoms with E-state index >= 15 is 0 Å². The minimum Gasteiger partial charge on any atom is -0.331 e. The summed E-state index contributed by atoms with van der Waals surface area (Å²) in [7, 11) is 0. The van der Waals surface area contributed by atoms with E-state index in [1.807, 2.05) is 0 Å². The van der Waals surface area contributed by atoms with E-state index in [4.69, 9.17) is 4.98 Å². The van der Waals surface area contributed by atoms with Gasteiger partial charge in [-0.1, -0.05) is 0 Å². The molecule has 88 valence electrons. The normalized spacial score (nSPS) is 19.8. The summed E-state index contributed by atoms with van der Waals surface area (Å²) in [5.41, 5.74) is 2.89. The molecule has 1 heterocycles. The van der Waals surface area contributed by atoms with Crippen molar-refractivity contribution in [2.75, 3.05) is 6.54 Å². The number of nitrogens with one attached hydrogen (secondary N) is 1. The molecule has 0 spiro atoms. The highest BCUT2D eigenvalue weighted by atomic mass is 15.1. The van der Waals surface area contributed by atoms with Crippen LogP contribution >= 0.6 is 0 Å². The van der Waals surface area contributed by atoms with Crippen molar-refractivity contribution in [3.05, 3.63) is 17.2 Å². The molecular weight excluding hydrogens is 198 g/mol. The van der Waals surface area contributed by atoms with Gasteiger partial charge in [-0.2, -0.15) is 0 Å². The molecule has 2 aliphatic carbocycles. The first-order chi connectivity index (χ1) is 7.84. The molecule has 0 aliphatic heterocycles. The predicted octanol–water partition coefficient (Wildman–Crippen LogP) is 1.82. The lowest BCUT2D eigenvalue weighted by Crippen LogP contribution is -2.23. The van der Waals surface area contributed by atoms with E-state index in [9.17, 15) is 0 Å². The fourth-order valence-electron chi connectivity index (χ4n) is 2.70. The van der Waals surface area contributed by atoms with Crippen LogP contribution in [0.1, 0.15) is 42.9 Å².